The van der Waals surface area contributed by atoms with Gasteiger partial charge in [0.25, 0.3) is 0 Å². The molecule has 0 fully saturated rings. The highest BCUT2D eigenvalue weighted by Crippen LogP contribution is 2.37. The van der Waals surface area contributed by atoms with Gasteiger partial charge in [-0.1, -0.05) is 62.4 Å². The number of para-hydroxylation sites is 1. The highest BCUT2D eigenvalue weighted by molar-refractivity contribution is 5.53. The monoisotopic (exact) mass is 372 g/mol. The first-order chi connectivity index (χ1) is 13.6. The smallest absolute Gasteiger partial charge is 0.231 e. The number of allylic oxidation sites excluding steroid dienone is 1. The van der Waals surface area contributed by atoms with Gasteiger partial charge >= 0.3 is 0 Å². The highest BCUT2D eigenvalue weighted by Gasteiger charge is 2.22. The van der Waals surface area contributed by atoms with Crippen LogP contribution in [0.5, 0.6) is 23.0 Å². The van der Waals surface area contributed by atoms with Crippen molar-refractivity contribution in [2.24, 2.45) is 0 Å². The first-order valence-electron chi connectivity index (χ1n) is 9.50. The molecule has 0 aromatic heterocycles. The highest BCUT2D eigenvalue weighted by atomic mass is 16.7. The minimum Gasteiger partial charge on any atom is -0.457 e. The second-order valence-corrected chi connectivity index (χ2v) is 7.55. The summed E-state index contributed by atoms with van der Waals surface area (Å²) in [5.74, 6) is 3.33. The van der Waals surface area contributed by atoms with Crippen molar-refractivity contribution in [1.82, 2.24) is 0 Å². The van der Waals surface area contributed by atoms with E-state index < -0.39 is 0 Å². The molecule has 0 saturated carbocycles. The lowest BCUT2D eigenvalue weighted by atomic mass is 9.81. The standard InChI is InChI=1S/C25H24O3/c1-25(2,20-13-14-23-24(17-20)27-18-26-23)15-7-9-19-8-6-12-22(16-19)28-21-10-4-3-5-11-21/h3-14,16-17H,15,18H2,1-2H3/b9-7+. The van der Waals surface area contributed by atoms with E-state index in [4.69, 9.17) is 14.2 Å². The molecule has 142 valence electrons. The molecule has 3 heteroatoms. The van der Waals surface area contributed by atoms with Crippen molar-refractivity contribution in [3.8, 4) is 23.0 Å². The minimum absolute atomic E-state index is 0.00434. The van der Waals surface area contributed by atoms with E-state index in [-0.39, 0.29) is 5.41 Å². The fraction of sp³-hybridized carbons (Fsp3) is 0.200. The molecule has 3 nitrogen and oxygen atoms in total. The van der Waals surface area contributed by atoms with Crippen molar-refractivity contribution in [3.05, 3.63) is 90.0 Å². The maximum atomic E-state index is 5.92. The lowest BCUT2D eigenvalue weighted by Gasteiger charge is -2.24. The van der Waals surface area contributed by atoms with Gasteiger partial charge in [-0.25, -0.2) is 0 Å². The Hall–Kier alpha value is -3.20. The maximum absolute atomic E-state index is 5.92. The normalized spacial score (nSPS) is 13.1. The summed E-state index contributed by atoms with van der Waals surface area (Å²) >= 11 is 0. The molecule has 0 bridgehead atoms. The molecule has 0 saturated heterocycles. The third-order valence-electron chi connectivity index (χ3n) is 4.93. The Morgan fingerprint density at radius 1 is 0.857 bits per heavy atom. The quantitative estimate of drug-likeness (QED) is 0.488. The molecule has 1 heterocycles. The molecule has 1 aliphatic heterocycles. The minimum atomic E-state index is -0.00434. The van der Waals surface area contributed by atoms with Crippen LogP contribution in [-0.4, -0.2) is 6.79 Å². The zero-order valence-electron chi connectivity index (χ0n) is 16.2. The van der Waals surface area contributed by atoms with Crippen LogP contribution in [0.3, 0.4) is 0 Å². The van der Waals surface area contributed by atoms with Gasteiger partial charge in [0.2, 0.25) is 6.79 Å². The van der Waals surface area contributed by atoms with Gasteiger partial charge in [-0.05, 0) is 59.4 Å². The molecular weight excluding hydrogens is 348 g/mol. The van der Waals surface area contributed by atoms with E-state index in [0.717, 1.165) is 35.0 Å². The number of benzene rings is 3. The fourth-order valence-corrected chi connectivity index (χ4v) is 3.23. The van der Waals surface area contributed by atoms with E-state index in [0.29, 0.717) is 6.79 Å². The van der Waals surface area contributed by atoms with Crippen molar-refractivity contribution in [2.75, 3.05) is 6.79 Å². The third-order valence-corrected chi connectivity index (χ3v) is 4.93. The van der Waals surface area contributed by atoms with Gasteiger partial charge in [-0.15, -0.1) is 0 Å². The molecule has 0 aliphatic carbocycles. The van der Waals surface area contributed by atoms with Crippen LogP contribution in [-0.2, 0) is 5.41 Å². The predicted molar refractivity (Wildman–Crippen MR) is 112 cm³/mol. The maximum Gasteiger partial charge on any atom is 0.231 e. The second-order valence-electron chi connectivity index (χ2n) is 7.55. The second kappa shape index (κ2) is 7.81. The third kappa shape index (κ3) is 4.20. The summed E-state index contributed by atoms with van der Waals surface area (Å²) in [7, 11) is 0. The average molecular weight is 372 g/mol. The summed E-state index contributed by atoms with van der Waals surface area (Å²) in [4.78, 5) is 0. The predicted octanol–water partition coefficient (Wildman–Crippen LogP) is 6.59. The van der Waals surface area contributed by atoms with Crippen molar-refractivity contribution in [2.45, 2.75) is 25.7 Å². The Morgan fingerprint density at radius 2 is 1.64 bits per heavy atom. The Morgan fingerprint density at radius 3 is 2.50 bits per heavy atom. The summed E-state index contributed by atoms with van der Waals surface area (Å²) in [6, 6.07) is 24.2. The van der Waals surface area contributed by atoms with Crippen LogP contribution in [0.25, 0.3) is 6.08 Å². The van der Waals surface area contributed by atoms with Gasteiger partial charge < -0.3 is 14.2 Å². The molecule has 1 aliphatic rings. The lowest BCUT2D eigenvalue weighted by Crippen LogP contribution is -2.15. The van der Waals surface area contributed by atoms with Gasteiger partial charge in [0, 0.05) is 0 Å². The molecule has 0 unspecified atom stereocenters. The van der Waals surface area contributed by atoms with E-state index in [1.807, 2.05) is 48.5 Å². The van der Waals surface area contributed by atoms with Crippen LogP contribution < -0.4 is 14.2 Å². The molecule has 4 rings (SSSR count). The molecule has 0 amide bonds. The molecule has 0 spiro atoms. The summed E-state index contributed by atoms with van der Waals surface area (Å²) in [6.07, 6.45) is 5.27. The Balaban J connectivity index is 1.43. The van der Waals surface area contributed by atoms with Crippen molar-refractivity contribution in [1.29, 1.82) is 0 Å². The molecule has 0 atom stereocenters. The fourth-order valence-electron chi connectivity index (χ4n) is 3.23. The van der Waals surface area contributed by atoms with Crippen LogP contribution >= 0.6 is 0 Å². The SMILES string of the molecule is CC(C)(C/C=C/c1cccc(Oc2ccccc2)c1)c1ccc2c(c1)OCO2. The molecule has 0 radical (unpaired) electrons. The molecule has 3 aromatic carbocycles. The lowest BCUT2D eigenvalue weighted by molar-refractivity contribution is 0.174. The van der Waals surface area contributed by atoms with E-state index in [9.17, 15) is 0 Å². The van der Waals surface area contributed by atoms with Gasteiger partial charge in [0.05, 0.1) is 0 Å². The summed E-state index contributed by atoms with van der Waals surface area (Å²) < 4.78 is 16.8. The number of rotatable bonds is 6. The van der Waals surface area contributed by atoms with E-state index in [1.54, 1.807) is 0 Å². The zero-order valence-corrected chi connectivity index (χ0v) is 16.2. The number of fused-ring (bicyclic) bond motifs is 1. The summed E-state index contributed by atoms with van der Waals surface area (Å²) in [6.45, 7) is 4.79. The number of hydrogen-bond acceptors (Lipinski definition) is 3. The van der Waals surface area contributed by atoms with Crippen LogP contribution in [0.2, 0.25) is 0 Å². The van der Waals surface area contributed by atoms with Gasteiger partial charge in [-0.3, -0.25) is 0 Å². The first-order valence-corrected chi connectivity index (χ1v) is 9.50. The average Bonchev–Trinajstić information content (AvgIpc) is 3.17. The van der Waals surface area contributed by atoms with Gasteiger partial charge in [0.15, 0.2) is 11.5 Å². The Bertz CT molecular complexity index is 974. The van der Waals surface area contributed by atoms with Crippen molar-refractivity contribution in [3.63, 3.8) is 0 Å². The Kier molecular flexibility index (Phi) is 5.07. The van der Waals surface area contributed by atoms with E-state index >= 15 is 0 Å². The molecule has 28 heavy (non-hydrogen) atoms. The van der Waals surface area contributed by atoms with Crippen molar-refractivity contribution >= 4 is 6.08 Å². The van der Waals surface area contributed by atoms with Crippen molar-refractivity contribution < 1.29 is 14.2 Å². The topological polar surface area (TPSA) is 27.7 Å². The van der Waals surface area contributed by atoms with E-state index in [2.05, 4.69) is 50.3 Å². The summed E-state index contributed by atoms with van der Waals surface area (Å²) in [5, 5.41) is 0. The van der Waals surface area contributed by atoms with Crippen LogP contribution in [0.1, 0.15) is 31.4 Å². The van der Waals surface area contributed by atoms with Crippen LogP contribution in [0.4, 0.5) is 0 Å². The zero-order chi connectivity index (χ0) is 19.4. The van der Waals surface area contributed by atoms with Gasteiger partial charge in [-0.2, -0.15) is 0 Å². The molecule has 0 N–H and O–H groups in total. The summed E-state index contributed by atoms with van der Waals surface area (Å²) in [5.41, 5.74) is 2.35. The largest absolute Gasteiger partial charge is 0.457 e. The van der Waals surface area contributed by atoms with E-state index in [1.165, 1.54) is 5.56 Å². The molecular formula is C25H24O3. The number of hydrogen-bond donors (Lipinski definition) is 0. The van der Waals surface area contributed by atoms with Gasteiger partial charge in [0.1, 0.15) is 11.5 Å². The first kappa shape index (κ1) is 18.2. The Labute approximate surface area is 166 Å². The van der Waals surface area contributed by atoms with Crippen LogP contribution in [0, 0.1) is 0 Å². The van der Waals surface area contributed by atoms with Crippen LogP contribution in [0.15, 0.2) is 78.9 Å². The molecule has 3 aromatic rings. The number of ether oxygens (including phenoxy) is 3.